The second-order valence-electron chi connectivity index (χ2n) is 8.20. The molecule has 0 spiro atoms. The average Bonchev–Trinajstić information content (AvgIpc) is 3.08. The molecule has 2 unspecified atom stereocenters. The summed E-state index contributed by atoms with van der Waals surface area (Å²) in [5, 5.41) is 0. The molecule has 5 heteroatoms. The van der Waals surface area contributed by atoms with Crippen molar-refractivity contribution in [1.29, 1.82) is 0 Å². The molecule has 0 radical (unpaired) electrons. The Morgan fingerprint density at radius 3 is 2.78 bits per heavy atom. The van der Waals surface area contributed by atoms with E-state index in [0.29, 0.717) is 18.5 Å². The number of amides is 1. The minimum atomic E-state index is 0.271. The van der Waals surface area contributed by atoms with Gasteiger partial charge in [-0.2, -0.15) is 0 Å². The Kier molecular flexibility index (Phi) is 6.11. The molecule has 148 valence electrons. The largest absolute Gasteiger partial charge is 0.379 e. The van der Waals surface area contributed by atoms with Crippen molar-refractivity contribution in [3.63, 3.8) is 0 Å². The summed E-state index contributed by atoms with van der Waals surface area (Å²) in [5.74, 6) is 0.679. The van der Waals surface area contributed by atoms with Crippen LogP contribution in [0.1, 0.15) is 44.1 Å². The van der Waals surface area contributed by atoms with Crippen molar-refractivity contribution in [2.24, 2.45) is 0 Å². The number of benzene rings is 1. The SMILES string of the molecule is CCC1CCCCN1CC(=O)N1CC(CN2CCOCC2)c2ccccc21. The van der Waals surface area contributed by atoms with Crippen LogP contribution in [-0.4, -0.2) is 74.2 Å². The molecular weight excluding hydrogens is 338 g/mol. The number of hydrogen-bond donors (Lipinski definition) is 0. The smallest absolute Gasteiger partial charge is 0.241 e. The minimum absolute atomic E-state index is 0.271. The molecule has 0 saturated carbocycles. The third kappa shape index (κ3) is 4.20. The summed E-state index contributed by atoms with van der Waals surface area (Å²) in [5.41, 5.74) is 2.47. The second kappa shape index (κ2) is 8.72. The minimum Gasteiger partial charge on any atom is -0.379 e. The molecule has 1 aromatic carbocycles. The molecule has 3 aliphatic rings. The van der Waals surface area contributed by atoms with Crippen LogP contribution in [0.5, 0.6) is 0 Å². The van der Waals surface area contributed by atoms with E-state index in [1.807, 2.05) is 0 Å². The number of anilines is 1. The van der Waals surface area contributed by atoms with Crippen LogP contribution in [0, 0.1) is 0 Å². The number of likely N-dealkylation sites (tertiary alicyclic amines) is 1. The Balaban J connectivity index is 1.45. The number of carbonyl (C=O) groups is 1. The molecule has 1 amide bonds. The van der Waals surface area contributed by atoms with Gasteiger partial charge in [-0.25, -0.2) is 0 Å². The van der Waals surface area contributed by atoms with Crippen molar-refractivity contribution < 1.29 is 9.53 Å². The predicted molar refractivity (Wildman–Crippen MR) is 108 cm³/mol. The Labute approximate surface area is 163 Å². The number of fused-ring (bicyclic) bond motifs is 1. The van der Waals surface area contributed by atoms with E-state index >= 15 is 0 Å². The van der Waals surface area contributed by atoms with Gasteiger partial charge in [-0.3, -0.25) is 14.6 Å². The van der Waals surface area contributed by atoms with Crippen molar-refractivity contribution in [3.05, 3.63) is 29.8 Å². The zero-order valence-corrected chi connectivity index (χ0v) is 16.6. The summed E-state index contributed by atoms with van der Waals surface area (Å²) in [4.78, 5) is 20.2. The number of para-hydroxylation sites is 1. The number of morpholine rings is 1. The summed E-state index contributed by atoms with van der Waals surface area (Å²) in [6.07, 6.45) is 4.90. The van der Waals surface area contributed by atoms with Gasteiger partial charge in [-0.15, -0.1) is 0 Å². The topological polar surface area (TPSA) is 36.0 Å². The Morgan fingerprint density at radius 1 is 1.15 bits per heavy atom. The number of rotatable bonds is 5. The van der Waals surface area contributed by atoms with Gasteiger partial charge in [0.05, 0.1) is 19.8 Å². The van der Waals surface area contributed by atoms with Gasteiger partial charge in [0.1, 0.15) is 0 Å². The molecule has 2 atom stereocenters. The zero-order valence-electron chi connectivity index (χ0n) is 16.6. The first kappa shape index (κ1) is 18.9. The van der Waals surface area contributed by atoms with Crippen LogP contribution in [0.3, 0.4) is 0 Å². The molecule has 0 aliphatic carbocycles. The van der Waals surface area contributed by atoms with Crippen molar-refractivity contribution in [2.75, 3.05) is 57.4 Å². The van der Waals surface area contributed by atoms with Crippen molar-refractivity contribution in [2.45, 2.75) is 44.6 Å². The number of ether oxygens (including phenoxy) is 1. The maximum Gasteiger partial charge on any atom is 0.241 e. The highest BCUT2D eigenvalue weighted by molar-refractivity contribution is 5.97. The first-order valence-electron chi connectivity index (χ1n) is 10.7. The highest BCUT2D eigenvalue weighted by Gasteiger charge is 2.34. The lowest BCUT2D eigenvalue weighted by Crippen LogP contribution is -2.47. The maximum atomic E-state index is 13.2. The lowest BCUT2D eigenvalue weighted by Gasteiger charge is -2.35. The highest BCUT2D eigenvalue weighted by atomic mass is 16.5. The van der Waals surface area contributed by atoms with E-state index in [1.165, 1.54) is 24.8 Å². The van der Waals surface area contributed by atoms with Gasteiger partial charge in [-0.05, 0) is 37.4 Å². The summed E-state index contributed by atoms with van der Waals surface area (Å²) in [6, 6.07) is 9.08. The Hall–Kier alpha value is -1.43. The van der Waals surface area contributed by atoms with Crippen molar-refractivity contribution in [3.8, 4) is 0 Å². The molecule has 1 aromatic rings. The van der Waals surface area contributed by atoms with Crippen LogP contribution in [-0.2, 0) is 9.53 Å². The van der Waals surface area contributed by atoms with Crippen LogP contribution in [0.25, 0.3) is 0 Å². The van der Waals surface area contributed by atoms with Crippen molar-refractivity contribution in [1.82, 2.24) is 9.80 Å². The Morgan fingerprint density at radius 2 is 1.96 bits per heavy atom. The molecular formula is C22H33N3O2. The quantitative estimate of drug-likeness (QED) is 0.797. The fraction of sp³-hybridized carbons (Fsp3) is 0.682. The van der Waals surface area contributed by atoms with E-state index in [0.717, 1.165) is 58.0 Å². The van der Waals surface area contributed by atoms with Crippen molar-refractivity contribution >= 4 is 11.6 Å². The summed E-state index contributed by atoms with van der Waals surface area (Å²) >= 11 is 0. The van der Waals surface area contributed by atoms with E-state index in [9.17, 15) is 4.79 Å². The van der Waals surface area contributed by atoms with E-state index in [-0.39, 0.29) is 5.91 Å². The number of hydrogen-bond acceptors (Lipinski definition) is 4. The fourth-order valence-corrected chi connectivity index (χ4v) is 4.97. The van der Waals surface area contributed by atoms with E-state index in [1.54, 1.807) is 0 Å². The monoisotopic (exact) mass is 371 g/mol. The van der Waals surface area contributed by atoms with Gasteiger partial charge in [0.2, 0.25) is 5.91 Å². The van der Waals surface area contributed by atoms with Crippen LogP contribution < -0.4 is 4.90 Å². The molecule has 5 nitrogen and oxygen atoms in total. The number of piperidine rings is 1. The first-order chi connectivity index (χ1) is 13.3. The van der Waals surface area contributed by atoms with E-state index in [2.05, 4.69) is 45.9 Å². The van der Waals surface area contributed by atoms with Gasteiger partial charge in [0.25, 0.3) is 0 Å². The van der Waals surface area contributed by atoms with E-state index < -0.39 is 0 Å². The molecule has 2 saturated heterocycles. The molecule has 3 aliphatic heterocycles. The second-order valence-corrected chi connectivity index (χ2v) is 8.20. The third-order valence-corrected chi connectivity index (χ3v) is 6.51. The van der Waals surface area contributed by atoms with Crippen LogP contribution >= 0.6 is 0 Å². The third-order valence-electron chi connectivity index (χ3n) is 6.51. The molecule has 0 bridgehead atoms. The van der Waals surface area contributed by atoms with E-state index in [4.69, 9.17) is 4.74 Å². The van der Waals surface area contributed by atoms with Crippen LogP contribution in [0.4, 0.5) is 5.69 Å². The Bertz CT molecular complexity index is 644. The molecule has 0 aromatic heterocycles. The lowest BCUT2D eigenvalue weighted by atomic mass is 10.00. The number of nitrogens with zero attached hydrogens (tertiary/aromatic N) is 3. The summed E-state index contributed by atoms with van der Waals surface area (Å²) < 4.78 is 5.49. The van der Waals surface area contributed by atoms with Gasteiger partial charge < -0.3 is 9.64 Å². The van der Waals surface area contributed by atoms with Crippen LogP contribution in [0.15, 0.2) is 24.3 Å². The molecule has 27 heavy (non-hydrogen) atoms. The first-order valence-corrected chi connectivity index (χ1v) is 10.7. The van der Waals surface area contributed by atoms with Gasteiger partial charge >= 0.3 is 0 Å². The fourth-order valence-electron chi connectivity index (χ4n) is 4.97. The summed E-state index contributed by atoms with van der Waals surface area (Å²) in [6.45, 7) is 9.36. The normalized spacial score (nSPS) is 26.9. The van der Waals surface area contributed by atoms with Gasteiger partial charge in [0.15, 0.2) is 0 Å². The molecule has 3 heterocycles. The standard InChI is InChI=1S/C22H33N3O2/c1-2-19-7-5-6-10-24(19)17-22(26)25-16-18(15-23-11-13-27-14-12-23)20-8-3-4-9-21(20)25/h3-4,8-9,18-19H,2,5-7,10-17H2,1H3. The molecule has 0 N–H and O–H groups in total. The molecule has 2 fully saturated rings. The van der Waals surface area contributed by atoms with Crippen LogP contribution in [0.2, 0.25) is 0 Å². The average molecular weight is 372 g/mol. The number of carbonyl (C=O) groups excluding carboxylic acids is 1. The maximum absolute atomic E-state index is 13.2. The molecule has 4 rings (SSSR count). The van der Waals surface area contributed by atoms with Gasteiger partial charge in [0, 0.05) is 43.8 Å². The lowest BCUT2D eigenvalue weighted by molar-refractivity contribution is -0.120. The predicted octanol–water partition coefficient (Wildman–Crippen LogP) is 2.71. The summed E-state index contributed by atoms with van der Waals surface area (Å²) in [7, 11) is 0. The highest BCUT2D eigenvalue weighted by Crippen LogP contribution is 2.37. The van der Waals surface area contributed by atoms with Gasteiger partial charge in [-0.1, -0.05) is 31.5 Å². The zero-order chi connectivity index (χ0) is 18.6.